The Bertz CT molecular complexity index is 410. The second-order valence-corrected chi connectivity index (χ2v) is 9.61. The molecule has 0 bridgehead atoms. The van der Waals surface area contributed by atoms with Crippen LogP contribution >= 0.6 is 23.2 Å². The van der Waals surface area contributed by atoms with E-state index in [0.29, 0.717) is 12.3 Å². The van der Waals surface area contributed by atoms with E-state index < -0.39 is 0 Å². The van der Waals surface area contributed by atoms with Gasteiger partial charge in [-0.05, 0) is 56.9 Å². The van der Waals surface area contributed by atoms with Crippen LogP contribution in [-0.2, 0) is 4.79 Å². The number of rotatable bonds is 5. The maximum Gasteiger partial charge on any atom is 0.149 e. The number of carbonyl (C=O) groups excluding carboxylic acids is 1. The average Bonchev–Trinajstić information content (AvgIpc) is 2.58. The summed E-state index contributed by atoms with van der Waals surface area (Å²) in [6.45, 7) is 2.88. The molecule has 0 aromatic heterocycles. The van der Waals surface area contributed by atoms with E-state index in [-0.39, 0.29) is 16.7 Å². The Morgan fingerprint density at radius 2 is 1.62 bits per heavy atom. The largest absolute Gasteiger partial charge is 0.298 e. The molecule has 2 nitrogen and oxygen atoms in total. The number of alkyl halides is 2. The van der Waals surface area contributed by atoms with Crippen LogP contribution in [0.15, 0.2) is 0 Å². The zero-order valence-electron chi connectivity index (χ0n) is 14.9. The maximum absolute atomic E-state index is 12.7. The van der Waals surface area contributed by atoms with Gasteiger partial charge in [-0.1, -0.05) is 32.1 Å². The molecule has 138 valence electrons. The van der Waals surface area contributed by atoms with Crippen LogP contribution in [0.3, 0.4) is 0 Å². The van der Waals surface area contributed by atoms with Crippen molar-refractivity contribution in [2.45, 2.75) is 81.4 Å². The van der Waals surface area contributed by atoms with E-state index >= 15 is 0 Å². The summed E-state index contributed by atoms with van der Waals surface area (Å²) in [6, 6.07) is 0. The second kappa shape index (κ2) is 9.24. The van der Waals surface area contributed by atoms with Crippen LogP contribution in [-0.4, -0.2) is 41.1 Å². The molecule has 24 heavy (non-hydrogen) atoms. The fourth-order valence-corrected chi connectivity index (χ4v) is 5.67. The highest BCUT2D eigenvalue weighted by Crippen LogP contribution is 2.34. The Morgan fingerprint density at radius 3 is 2.38 bits per heavy atom. The van der Waals surface area contributed by atoms with Gasteiger partial charge in [0.05, 0.1) is 11.9 Å². The molecule has 1 aliphatic heterocycles. The van der Waals surface area contributed by atoms with Gasteiger partial charge in [-0.2, -0.15) is 0 Å². The lowest BCUT2D eigenvalue weighted by molar-refractivity contribution is -0.125. The zero-order chi connectivity index (χ0) is 16.9. The van der Waals surface area contributed by atoms with Gasteiger partial charge in [0.25, 0.3) is 0 Å². The molecule has 3 fully saturated rings. The number of hydrogen-bond donors (Lipinski definition) is 0. The first-order valence-corrected chi connectivity index (χ1v) is 11.0. The molecule has 0 spiro atoms. The number of piperidine rings is 1. The topological polar surface area (TPSA) is 20.3 Å². The summed E-state index contributed by atoms with van der Waals surface area (Å²) < 4.78 is 0. The number of nitrogens with zero attached hydrogens (tertiary/aromatic N) is 1. The first-order valence-electron chi connectivity index (χ1n) is 10.1. The van der Waals surface area contributed by atoms with E-state index in [1.807, 2.05) is 0 Å². The highest BCUT2D eigenvalue weighted by atomic mass is 35.5. The molecule has 3 aliphatic rings. The third-order valence-electron chi connectivity index (χ3n) is 6.52. The molecule has 3 rings (SSSR count). The maximum atomic E-state index is 12.7. The monoisotopic (exact) mass is 373 g/mol. The van der Waals surface area contributed by atoms with Crippen LogP contribution in [0.1, 0.15) is 70.6 Å². The predicted octanol–water partition coefficient (Wildman–Crippen LogP) is 5.25. The molecular weight excluding hydrogens is 341 g/mol. The molecule has 0 N–H and O–H groups in total. The molecule has 0 radical (unpaired) electrons. The highest BCUT2D eigenvalue weighted by molar-refractivity contribution is 6.30. The fourth-order valence-electron chi connectivity index (χ4n) is 5.10. The van der Waals surface area contributed by atoms with Gasteiger partial charge in [0, 0.05) is 17.8 Å². The van der Waals surface area contributed by atoms with E-state index in [1.165, 1.54) is 51.4 Å². The summed E-state index contributed by atoms with van der Waals surface area (Å²) in [5, 5.41) is 0.0142. The van der Waals surface area contributed by atoms with Gasteiger partial charge >= 0.3 is 0 Å². The number of halogens is 2. The Morgan fingerprint density at radius 1 is 0.875 bits per heavy atom. The highest BCUT2D eigenvalue weighted by Gasteiger charge is 2.33. The van der Waals surface area contributed by atoms with Crippen molar-refractivity contribution in [2.24, 2.45) is 17.8 Å². The second-order valence-electron chi connectivity index (χ2n) is 8.49. The van der Waals surface area contributed by atoms with Gasteiger partial charge in [0.2, 0.25) is 0 Å². The smallest absolute Gasteiger partial charge is 0.149 e. The van der Waals surface area contributed by atoms with E-state index in [0.717, 1.165) is 44.2 Å². The first kappa shape index (κ1) is 19.0. The summed E-state index contributed by atoms with van der Waals surface area (Å²) in [7, 11) is 0. The van der Waals surface area contributed by atoms with Gasteiger partial charge in [-0.3, -0.25) is 9.69 Å². The van der Waals surface area contributed by atoms with Crippen molar-refractivity contribution < 1.29 is 4.79 Å². The molecule has 4 heteroatoms. The molecule has 2 aliphatic carbocycles. The van der Waals surface area contributed by atoms with Crippen LogP contribution in [0.25, 0.3) is 0 Å². The zero-order valence-corrected chi connectivity index (χ0v) is 16.4. The van der Waals surface area contributed by atoms with Gasteiger partial charge in [0.1, 0.15) is 5.78 Å². The summed E-state index contributed by atoms with van der Waals surface area (Å²) >= 11 is 12.5. The van der Waals surface area contributed by atoms with Crippen molar-refractivity contribution in [2.75, 3.05) is 19.6 Å². The third-order valence-corrected chi connectivity index (χ3v) is 7.66. The number of ketones is 1. The van der Waals surface area contributed by atoms with Crippen molar-refractivity contribution >= 4 is 29.0 Å². The Kier molecular flexibility index (Phi) is 7.31. The Hall–Kier alpha value is 0.210. The molecule has 0 aromatic rings. The minimum Gasteiger partial charge on any atom is -0.298 e. The van der Waals surface area contributed by atoms with Crippen molar-refractivity contribution in [3.8, 4) is 0 Å². The molecule has 4 atom stereocenters. The lowest BCUT2D eigenvalue weighted by atomic mass is 9.80. The van der Waals surface area contributed by atoms with Crippen LogP contribution < -0.4 is 0 Å². The van der Waals surface area contributed by atoms with Crippen LogP contribution in [0, 0.1) is 17.8 Å². The number of likely N-dealkylation sites (tertiary alicyclic amines) is 1. The molecular formula is C20H33Cl2NO. The Balaban J connectivity index is 1.43. The summed E-state index contributed by atoms with van der Waals surface area (Å²) in [6.07, 6.45) is 13.8. The minimum absolute atomic E-state index is 0.0326. The van der Waals surface area contributed by atoms with Crippen molar-refractivity contribution in [1.82, 2.24) is 4.90 Å². The summed E-state index contributed by atoms with van der Waals surface area (Å²) in [4.78, 5) is 15.1. The predicted molar refractivity (Wildman–Crippen MR) is 102 cm³/mol. The number of Topliss-reactive ketones (excluding diaryl/α,β-unsaturated/α-hetero) is 1. The van der Waals surface area contributed by atoms with Gasteiger partial charge in [0.15, 0.2) is 0 Å². The Labute approximate surface area is 157 Å². The standard InChI is InChI=1S/C20H33Cl2NO/c21-18-9-8-17(12-19(18)22)20(24)14-23-10-4-7-16(13-23)11-15-5-2-1-3-6-15/h15-19H,1-14H2. The van der Waals surface area contributed by atoms with Gasteiger partial charge in [-0.25, -0.2) is 0 Å². The molecule has 0 amide bonds. The lowest BCUT2D eigenvalue weighted by Gasteiger charge is -2.36. The summed E-state index contributed by atoms with van der Waals surface area (Å²) in [5.74, 6) is 2.31. The molecule has 2 saturated carbocycles. The van der Waals surface area contributed by atoms with Crippen molar-refractivity contribution in [3.05, 3.63) is 0 Å². The minimum atomic E-state index is -0.0326. The van der Waals surface area contributed by atoms with Crippen LogP contribution in [0.2, 0.25) is 0 Å². The molecule has 4 unspecified atom stereocenters. The van der Waals surface area contributed by atoms with E-state index in [1.54, 1.807) is 0 Å². The SMILES string of the molecule is O=C(CN1CCCC(CC2CCCCC2)C1)C1CCC(Cl)C(Cl)C1. The average molecular weight is 374 g/mol. The van der Waals surface area contributed by atoms with Gasteiger partial charge in [-0.15, -0.1) is 23.2 Å². The number of hydrogen-bond acceptors (Lipinski definition) is 2. The first-order chi connectivity index (χ1) is 11.6. The third kappa shape index (κ3) is 5.35. The fraction of sp³-hybridized carbons (Fsp3) is 0.950. The lowest BCUT2D eigenvalue weighted by Crippen LogP contribution is -2.42. The molecule has 1 saturated heterocycles. The van der Waals surface area contributed by atoms with E-state index in [2.05, 4.69) is 4.90 Å². The van der Waals surface area contributed by atoms with Crippen LogP contribution in [0.5, 0.6) is 0 Å². The van der Waals surface area contributed by atoms with Crippen molar-refractivity contribution in [3.63, 3.8) is 0 Å². The van der Waals surface area contributed by atoms with Crippen molar-refractivity contribution in [1.29, 1.82) is 0 Å². The number of carbonyl (C=O) groups is 1. The molecule has 0 aromatic carbocycles. The molecule has 1 heterocycles. The van der Waals surface area contributed by atoms with E-state index in [9.17, 15) is 4.79 Å². The van der Waals surface area contributed by atoms with Gasteiger partial charge < -0.3 is 0 Å². The summed E-state index contributed by atoms with van der Waals surface area (Å²) in [5.41, 5.74) is 0. The van der Waals surface area contributed by atoms with Crippen LogP contribution in [0.4, 0.5) is 0 Å². The normalized spacial score (nSPS) is 36.6. The van der Waals surface area contributed by atoms with E-state index in [4.69, 9.17) is 23.2 Å². The quantitative estimate of drug-likeness (QED) is 0.613.